The van der Waals surface area contributed by atoms with Crippen LogP contribution in [0.5, 0.6) is 5.88 Å². The van der Waals surface area contributed by atoms with Crippen molar-refractivity contribution < 1.29 is 5.11 Å². The first-order valence-electron chi connectivity index (χ1n) is 12.1. The van der Waals surface area contributed by atoms with Crippen LogP contribution in [0.25, 0.3) is 11.7 Å². The Balaban J connectivity index is 1.35. The maximum absolute atomic E-state index is 11.5. The molecule has 0 amide bonds. The largest absolute Gasteiger partial charge is 0.493 e. The van der Waals surface area contributed by atoms with Crippen molar-refractivity contribution in [1.82, 2.24) is 34.4 Å². The van der Waals surface area contributed by atoms with Gasteiger partial charge in [-0.25, -0.2) is 9.79 Å². The standard InChI is InChI=1S/C24H28N10O2/c1-32-8-10-33(11-9-32)19-5-3-2-4-15(19)13-25-22-29-20-16(12-18-21(35)30-24(36)28-18)14-26-34(20)23(31-22)27-17-6-7-17/h2-5,12,14,17,35H,6-11,13H2,1H3,(H,25,27,31)(H2,28,30,36). The molecule has 12 heteroatoms. The Bertz CT molecular complexity index is 1570. The van der Waals surface area contributed by atoms with Crippen LogP contribution >= 0.6 is 0 Å². The summed E-state index contributed by atoms with van der Waals surface area (Å²) in [5.74, 6) is 0.201. The number of para-hydroxylation sites is 1. The molecule has 0 unspecified atom stereocenters. The van der Waals surface area contributed by atoms with Crippen molar-refractivity contribution >= 4 is 23.4 Å². The van der Waals surface area contributed by atoms with E-state index in [4.69, 9.17) is 9.98 Å². The third-order valence-corrected chi connectivity index (χ3v) is 6.53. The third kappa shape index (κ3) is 4.54. The maximum atomic E-state index is 11.5. The SMILES string of the molecule is CN1CCN(c2ccccc2CNc2nc(=NC3CC3)n3ncc(=Cc4[nH]c(=O)[nH]c4O)c3n2)CC1. The van der Waals surface area contributed by atoms with Gasteiger partial charge in [-0.15, -0.1) is 0 Å². The second-order valence-corrected chi connectivity index (χ2v) is 9.30. The van der Waals surface area contributed by atoms with Crippen LogP contribution in [0.15, 0.2) is 40.2 Å². The van der Waals surface area contributed by atoms with Crippen LogP contribution in [0.2, 0.25) is 0 Å². The lowest BCUT2D eigenvalue weighted by Gasteiger charge is -2.35. The minimum atomic E-state index is -0.490. The molecular weight excluding hydrogens is 460 g/mol. The van der Waals surface area contributed by atoms with Crippen molar-refractivity contribution in [3.05, 3.63) is 63.0 Å². The van der Waals surface area contributed by atoms with E-state index in [0.717, 1.165) is 39.0 Å². The number of rotatable bonds is 6. The molecule has 36 heavy (non-hydrogen) atoms. The van der Waals surface area contributed by atoms with E-state index in [0.29, 0.717) is 29.0 Å². The molecule has 4 aromatic rings. The average Bonchev–Trinajstić information content (AvgIpc) is 3.51. The van der Waals surface area contributed by atoms with Gasteiger partial charge in [-0.05, 0) is 37.6 Å². The fraction of sp³-hybridized carbons (Fsp3) is 0.375. The van der Waals surface area contributed by atoms with Gasteiger partial charge < -0.3 is 25.2 Å². The highest BCUT2D eigenvalue weighted by Gasteiger charge is 2.21. The van der Waals surface area contributed by atoms with E-state index < -0.39 is 5.69 Å². The number of aromatic amines is 2. The second kappa shape index (κ2) is 9.11. The molecule has 2 fully saturated rings. The normalized spacial score (nSPS) is 17.9. The van der Waals surface area contributed by atoms with Crippen LogP contribution in [-0.4, -0.2) is 78.8 Å². The van der Waals surface area contributed by atoms with Crippen LogP contribution in [0, 0.1) is 0 Å². The van der Waals surface area contributed by atoms with Gasteiger partial charge in [0.2, 0.25) is 11.8 Å². The Kier molecular flexibility index (Phi) is 5.64. The highest BCUT2D eigenvalue weighted by molar-refractivity contribution is 5.58. The van der Waals surface area contributed by atoms with Crippen LogP contribution in [0.1, 0.15) is 24.1 Å². The molecule has 1 saturated heterocycles. The summed E-state index contributed by atoms with van der Waals surface area (Å²) in [7, 11) is 2.15. The summed E-state index contributed by atoms with van der Waals surface area (Å²) in [6.45, 7) is 4.61. The molecule has 4 heterocycles. The van der Waals surface area contributed by atoms with E-state index in [-0.39, 0.29) is 17.6 Å². The summed E-state index contributed by atoms with van der Waals surface area (Å²) in [5.41, 5.74) is 3.15. The molecule has 0 radical (unpaired) electrons. The Labute approximate surface area is 206 Å². The van der Waals surface area contributed by atoms with E-state index in [1.54, 1.807) is 16.8 Å². The molecule has 0 atom stereocenters. The van der Waals surface area contributed by atoms with Gasteiger partial charge in [0.15, 0.2) is 5.65 Å². The molecule has 1 aromatic carbocycles. The Morgan fingerprint density at radius 2 is 1.97 bits per heavy atom. The Hall–Kier alpha value is -4.19. The molecule has 0 bridgehead atoms. The Morgan fingerprint density at radius 3 is 2.72 bits per heavy atom. The van der Waals surface area contributed by atoms with Crippen molar-refractivity contribution in [3.8, 4) is 5.88 Å². The lowest BCUT2D eigenvalue weighted by Crippen LogP contribution is -2.44. The summed E-state index contributed by atoms with van der Waals surface area (Å²) < 4.78 is 1.59. The first-order valence-corrected chi connectivity index (χ1v) is 12.1. The van der Waals surface area contributed by atoms with E-state index in [9.17, 15) is 9.90 Å². The van der Waals surface area contributed by atoms with Gasteiger partial charge in [0.05, 0.1) is 12.2 Å². The van der Waals surface area contributed by atoms with Crippen LogP contribution in [0.3, 0.4) is 0 Å². The fourth-order valence-electron chi connectivity index (χ4n) is 4.35. The van der Waals surface area contributed by atoms with Crippen molar-refractivity contribution in [1.29, 1.82) is 0 Å². The number of H-pyrrole nitrogens is 2. The van der Waals surface area contributed by atoms with Gasteiger partial charge in [0, 0.05) is 43.6 Å². The fourth-order valence-corrected chi connectivity index (χ4v) is 4.35. The summed E-state index contributed by atoms with van der Waals surface area (Å²) in [6.07, 6.45) is 5.31. The zero-order chi connectivity index (χ0) is 24.6. The second-order valence-electron chi connectivity index (χ2n) is 9.30. The highest BCUT2D eigenvalue weighted by atomic mass is 16.3. The van der Waals surface area contributed by atoms with Crippen molar-refractivity contribution in [2.75, 3.05) is 43.4 Å². The predicted molar refractivity (Wildman–Crippen MR) is 135 cm³/mol. The van der Waals surface area contributed by atoms with Gasteiger partial charge in [-0.3, -0.25) is 4.98 Å². The zero-order valence-corrected chi connectivity index (χ0v) is 20.0. The number of nitrogens with one attached hydrogen (secondary N) is 3. The topological polar surface area (TPSA) is 143 Å². The number of imidazole rings is 1. The maximum Gasteiger partial charge on any atom is 0.326 e. The molecule has 4 N–H and O–H groups in total. The summed E-state index contributed by atoms with van der Waals surface area (Å²) in [5, 5.41) is 18.4. The first-order chi connectivity index (χ1) is 17.5. The minimum Gasteiger partial charge on any atom is -0.493 e. The minimum absolute atomic E-state index is 0.241. The molecule has 186 valence electrons. The van der Waals surface area contributed by atoms with Gasteiger partial charge in [-0.2, -0.15) is 19.6 Å². The van der Waals surface area contributed by atoms with Gasteiger partial charge in [0.1, 0.15) is 5.69 Å². The number of hydrogen-bond acceptors (Lipinski definition) is 9. The number of likely N-dealkylation sites (N-methyl/N-ethyl adjacent to an activating group) is 1. The van der Waals surface area contributed by atoms with Crippen molar-refractivity contribution in [2.24, 2.45) is 4.99 Å². The lowest BCUT2D eigenvalue weighted by molar-refractivity contribution is 0.312. The smallest absolute Gasteiger partial charge is 0.326 e. The summed E-state index contributed by atoms with van der Waals surface area (Å²) in [4.78, 5) is 35.3. The molecule has 0 spiro atoms. The molecule has 1 aliphatic heterocycles. The quantitative estimate of drug-likeness (QED) is 0.293. The predicted octanol–water partition coefficient (Wildman–Crippen LogP) is -0.179. The molecule has 1 aliphatic carbocycles. The van der Waals surface area contributed by atoms with Crippen molar-refractivity contribution in [3.63, 3.8) is 0 Å². The highest BCUT2D eigenvalue weighted by Crippen LogP contribution is 2.23. The molecule has 6 rings (SSSR count). The molecular formula is C24H28N10O2. The van der Waals surface area contributed by atoms with Crippen molar-refractivity contribution in [2.45, 2.75) is 25.4 Å². The molecule has 3 aromatic heterocycles. The number of aromatic hydroxyl groups is 1. The van der Waals surface area contributed by atoms with Gasteiger partial charge >= 0.3 is 5.69 Å². The van der Waals surface area contributed by atoms with Gasteiger partial charge in [0.25, 0.3) is 5.62 Å². The van der Waals surface area contributed by atoms with Crippen LogP contribution in [0.4, 0.5) is 11.6 Å². The van der Waals surface area contributed by atoms with E-state index >= 15 is 0 Å². The Morgan fingerprint density at radius 1 is 1.17 bits per heavy atom. The third-order valence-electron chi connectivity index (χ3n) is 6.53. The van der Waals surface area contributed by atoms with Crippen LogP contribution < -0.4 is 26.7 Å². The number of aromatic nitrogens is 6. The van der Waals surface area contributed by atoms with E-state index in [2.05, 4.69) is 60.4 Å². The number of anilines is 2. The van der Waals surface area contributed by atoms with E-state index in [1.165, 1.54) is 11.3 Å². The first kappa shape index (κ1) is 22.3. The number of nitrogens with zero attached hydrogens (tertiary/aromatic N) is 7. The van der Waals surface area contributed by atoms with E-state index in [1.807, 2.05) is 6.07 Å². The number of hydrogen-bond donors (Lipinski definition) is 4. The van der Waals surface area contributed by atoms with Gasteiger partial charge in [-0.1, -0.05) is 18.2 Å². The molecule has 2 aliphatic rings. The average molecular weight is 489 g/mol. The number of piperazine rings is 1. The monoisotopic (exact) mass is 488 g/mol. The summed E-state index contributed by atoms with van der Waals surface area (Å²) in [6, 6.07) is 8.65. The number of benzene rings is 1. The molecule has 12 nitrogen and oxygen atoms in total. The number of fused-ring (bicyclic) bond motifs is 1. The summed E-state index contributed by atoms with van der Waals surface area (Å²) >= 11 is 0. The zero-order valence-electron chi connectivity index (χ0n) is 20.0. The van der Waals surface area contributed by atoms with Crippen LogP contribution in [-0.2, 0) is 6.54 Å². The molecule has 1 saturated carbocycles. The lowest BCUT2D eigenvalue weighted by atomic mass is 10.1.